The van der Waals surface area contributed by atoms with E-state index in [1.54, 1.807) is 0 Å². The lowest BCUT2D eigenvalue weighted by Gasteiger charge is -2.06. The van der Waals surface area contributed by atoms with Crippen LogP contribution < -0.4 is 0 Å². The molecule has 0 heteroatoms. The normalized spacial score (nSPS) is 8.59. The first kappa shape index (κ1) is 15.2. The molecule has 0 aliphatic carbocycles. The first-order valence-electron chi connectivity index (χ1n) is 5.86. The van der Waals surface area contributed by atoms with E-state index in [-0.39, 0.29) is 0 Å². The second-order valence-electron chi connectivity index (χ2n) is 3.63. The van der Waals surface area contributed by atoms with Gasteiger partial charge in [0.05, 0.1) is 0 Å². The van der Waals surface area contributed by atoms with Gasteiger partial charge in [-0.3, -0.25) is 0 Å². The Kier molecular flexibility index (Phi) is 7.45. The van der Waals surface area contributed by atoms with Crippen LogP contribution in [0.25, 0.3) is 24.3 Å². The Morgan fingerprint density at radius 3 is 1.00 bits per heavy atom. The molecule has 0 aliphatic rings. The van der Waals surface area contributed by atoms with Crippen molar-refractivity contribution in [2.75, 3.05) is 0 Å². The van der Waals surface area contributed by atoms with Crippen molar-refractivity contribution in [3.63, 3.8) is 0 Å². The van der Waals surface area contributed by atoms with Gasteiger partial charge in [0.25, 0.3) is 0 Å². The maximum absolute atomic E-state index is 3.76. The molecule has 0 N–H and O–H groups in total. The Morgan fingerprint density at radius 1 is 0.706 bits per heavy atom. The predicted molar refractivity (Wildman–Crippen MR) is 82.8 cm³/mol. The number of hydrogen-bond donors (Lipinski definition) is 0. The van der Waals surface area contributed by atoms with E-state index in [1.165, 1.54) is 6.42 Å². The van der Waals surface area contributed by atoms with Crippen LogP contribution in [0.5, 0.6) is 0 Å². The summed E-state index contributed by atoms with van der Waals surface area (Å²) in [5.41, 5.74) is 4.28. The Labute approximate surface area is 106 Å². The Hall–Kier alpha value is -1.82. The predicted octanol–water partition coefficient (Wildman–Crippen LogP) is 5.67. The van der Waals surface area contributed by atoms with Crippen molar-refractivity contribution in [3.05, 3.63) is 60.7 Å². The van der Waals surface area contributed by atoms with Crippen molar-refractivity contribution in [1.82, 2.24) is 0 Å². The van der Waals surface area contributed by atoms with Crippen LogP contribution in [0.1, 0.15) is 42.5 Å². The third-order valence-corrected chi connectivity index (χ3v) is 2.17. The van der Waals surface area contributed by atoms with Gasteiger partial charge < -0.3 is 0 Å². The van der Waals surface area contributed by atoms with Crippen LogP contribution >= 0.6 is 0 Å². The molecule has 17 heavy (non-hydrogen) atoms. The molecule has 1 aromatic rings. The highest BCUT2D eigenvalue weighted by Crippen LogP contribution is 2.21. The molecule has 0 bridgehead atoms. The smallest absolute Gasteiger partial charge is 0.0184 e. The lowest BCUT2D eigenvalue weighted by molar-refractivity contribution is 1.09. The fourth-order valence-electron chi connectivity index (χ4n) is 1.38. The summed E-state index contributed by atoms with van der Waals surface area (Å²) in [5, 5.41) is 0. The molecule has 0 atom stereocenters. The van der Waals surface area contributed by atoms with Crippen molar-refractivity contribution in [3.8, 4) is 0 Å². The van der Waals surface area contributed by atoms with E-state index in [2.05, 4.69) is 40.2 Å². The lowest BCUT2D eigenvalue weighted by Crippen LogP contribution is -1.87. The van der Waals surface area contributed by atoms with Gasteiger partial charge in [-0.1, -0.05) is 70.9 Å². The summed E-state index contributed by atoms with van der Waals surface area (Å²) in [6.07, 6.45) is 8.52. The van der Waals surface area contributed by atoms with Crippen molar-refractivity contribution in [1.29, 1.82) is 0 Å². The average molecular weight is 226 g/mol. The highest BCUT2D eigenvalue weighted by Gasteiger charge is 2.01. The van der Waals surface area contributed by atoms with E-state index in [1.807, 2.05) is 36.4 Å². The van der Waals surface area contributed by atoms with Gasteiger partial charge in [0.1, 0.15) is 0 Å². The highest BCUT2D eigenvalue weighted by atomic mass is 14.1. The minimum absolute atomic E-state index is 1.07. The van der Waals surface area contributed by atoms with Crippen LogP contribution in [0.15, 0.2) is 38.4 Å². The fraction of sp³-hybridized carbons (Fsp3) is 0.176. The third kappa shape index (κ3) is 4.28. The molecule has 0 heterocycles. The molecule has 0 spiro atoms. The van der Waals surface area contributed by atoms with Crippen molar-refractivity contribution >= 4 is 24.3 Å². The Balaban J connectivity index is 0.000000770. The zero-order valence-corrected chi connectivity index (χ0v) is 11.0. The van der Waals surface area contributed by atoms with Crippen LogP contribution in [0, 0.1) is 0 Å². The SMILES string of the molecule is C=Cc1cc(C=C)c(C=C)cc1C=C.CCC. The quantitative estimate of drug-likeness (QED) is 0.620. The molecule has 0 fully saturated rings. The van der Waals surface area contributed by atoms with Gasteiger partial charge in [-0.2, -0.15) is 0 Å². The fourth-order valence-corrected chi connectivity index (χ4v) is 1.38. The van der Waals surface area contributed by atoms with E-state index in [4.69, 9.17) is 0 Å². The van der Waals surface area contributed by atoms with Crippen LogP contribution in [-0.2, 0) is 0 Å². The molecule has 0 radical (unpaired) electrons. The summed E-state index contributed by atoms with van der Waals surface area (Å²) in [6.45, 7) is 19.3. The van der Waals surface area contributed by atoms with Gasteiger partial charge in [0.2, 0.25) is 0 Å². The largest absolute Gasteiger partial charge is 0.0984 e. The number of benzene rings is 1. The summed E-state index contributed by atoms with van der Waals surface area (Å²) in [5.74, 6) is 0. The molecule has 1 rings (SSSR count). The third-order valence-electron chi connectivity index (χ3n) is 2.17. The van der Waals surface area contributed by atoms with Crippen molar-refractivity contribution in [2.45, 2.75) is 20.3 Å². The van der Waals surface area contributed by atoms with E-state index in [0.29, 0.717) is 0 Å². The van der Waals surface area contributed by atoms with Gasteiger partial charge in [-0.15, -0.1) is 0 Å². The number of hydrogen-bond acceptors (Lipinski definition) is 0. The van der Waals surface area contributed by atoms with Gasteiger partial charge >= 0.3 is 0 Å². The summed E-state index contributed by atoms with van der Waals surface area (Å²) >= 11 is 0. The number of rotatable bonds is 4. The summed E-state index contributed by atoms with van der Waals surface area (Å²) < 4.78 is 0. The molecular weight excluding hydrogens is 204 g/mol. The summed E-state index contributed by atoms with van der Waals surface area (Å²) in [6, 6.07) is 4.07. The highest BCUT2D eigenvalue weighted by molar-refractivity contribution is 5.73. The second-order valence-corrected chi connectivity index (χ2v) is 3.63. The van der Waals surface area contributed by atoms with Crippen LogP contribution in [-0.4, -0.2) is 0 Å². The molecule has 0 nitrogen and oxygen atoms in total. The molecule has 0 aromatic heterocycles. The monoisotopic (exact) mass is 226 g/mol. The van der Waals surface area contributed by atoms with Crippen LogP contribution in [0.4, 0.5) is 0 Å². The standard InChI is InChI=1S/C14H14.C3H8/c1-5-11-9-13(7-3)14(8-4)10-12(11)6-2;1-3-2/h5-10H,1-4H2;3H2,1-2H3. The second kappa shape index (κ2) is 8.35. The van der Waals surface area contributed by atoms with Gasteiger partial charge in [-0.05, 0) is 34.4 Å². The zero-order chi connectivity index (χ0) is 13.3. The molecular formula is C17H22. The molecule has 90 valence electrons. The Bertz CT molecular complexity index is 334. The van der Waals surface area contributed by atoms with Gasteiger partial charge in [0.15, 0.2) is 0 Å². The maximum atomic E-state index is 3.76. The molecule has 0 saturated carbocycles. The average Bonchev–Trinajstić information content (AvgIpc) is 2.37. The molecule has 1 aromatic carbocycles. The molecule has 0 aliphatic heterocycles. The summed E-state index contributed by atoms with van der Waals surface area (Å²) in [4.78, 5) is 0. The zero-order valence-electron chi connectivity index (χ0n) is 11.0. The van der Waals surface area contributed by atoms with Gasteiger partial charge in [0, 0.05) is 0 Å². The summed E-state index contributed by atoms with van der Waals surface area (Å²) in [7, 11) is 0. The minimum atomic E-state index is 1.07. The maximum Gasteiger partial charge on any atom is -0.0184 e. The topological polar surface area (TPSA) is 0 Å². The van der Waals surface area contributed by atoms with E-state index >= 15 is 0 Å². The van der Waals surface area contributed by atoms with Crippen molar-refractivity contribution in [2.24, 2.45) is 0 Å². The lowest BCUT2D eigenvalue weighted by atomic mass is 9.98. The van der Waals surface area contributed by atoms with Crippen LogP contribution in [0.2, 0.25) is 0 Å². The van der Waals surface area contributed by atoms with E-state index < -0.39 is 0 Å². The molecule has 0 amide bonds. The van der Waals surface area contributed by atoms with Crippen LogP contribution in [0.3, 0.4) is 0 Å². The minimum Gasteiger partial charge on any atom is -0.0984 e. The first-order valence-corrected chi connectivity index (χ1v) is 5.86. The van der Waals surface area contributed by atoms with Gasteiger partial charge in [-0.25, -0.2) is 0 Å². The Morgan fingerprint density at radius 2 is 0.882 bits per heavy atom. The molecule has 0 saturated heterocycles. The van der Waals surface area contributed by atoms with Crippen molar-refractivity contribution < 1.29 is 0 Å². The van der Waals surface area contributed by atoms with E-state index in [9.17, 15) is 0 Å². The van der Waals surface area contributed by atoms with E-state index in [0.717, 1.165) is 22.3 Å². The first-order chi connectivity index (χ1) is 8.18. The molecule has 0 unspecified atom stereocenters.